The topological polar surface area (TPSA) is 92.6 Å². The quantitative estimate of drug-likeness (QED) is 0.471. The second-order valence-electron chi connectivity index (χ2n) is 3.62. The largest absolute Gasteiger partial charge is 0.329 e. The monoisotopic (exact) mass is 235 g/mol. The van der Waals surface area contributed by atoms with E-state index in [-0.39, 0.29) is 11.6 Å². The van der Waals surface area contributed by atoms with E-state index >= 15 is 0 Å². The van der Waals surface area contributed by atoms with Gasteiger partial charge in [-0.05, 0) is 19.1 Å². The Morgan fingerprint density at radius 3 is 2.29 bits per heavy atom. The molecule has 0 unspecified atom stereocenters. The third kappa shape index (κ3) is 1.82. The molecule has 0 aliphatic carbocycles. The Morgan fingerprint density at radius 2 is 1.88 bits per heavy atom. The lowest BCUT2D eigenvalue weighted by molar-refractivity contribution is -0.384. The molecule has 7 heteroatoms. The van der Waals surface area contributed by atoms with Crippen molar-refractivity contribution in [2.45, 2.75) is 13.0 Å². The number of rotatable bonds is 2. The van der Waals surface area contributed by atoms with Crippen LogP contribution in [0.2, 0.25) is 0 Å². The normalized spacial score (nSPS) is 19.4. The van der Waals surface area contributed by atoms with E-state index in [1.807, 2.05) is 0 Å². The Balaban J connectivity index is 2.32. The molecule has 1 aromatic carbocycles. The van der Waals surface area contributed by atoms with Crippen LogP contribution in [0.15, 0.2) is 24.3 Å². The molecule has 1 N–H and O–H groups in total. The van der Waals surface area contributed by atoms with Gasteiger partial charge in [-0.25, -0.2) is 9.69 Å². The van der Waals surface area contributed by atoms with E-state index in [4.69, 9.17) is 0 Å². The van der Waals surface area contributed by atoms with E-state index in [9.17, 15) is 19.7 Å². The summed E-state index contributed by atoms with van der Waals surface area (Å²) in [5, 5.41) is 12.9. The number of hydrogen-bond donors (Lipinski definition) is 1. The minimum absolute atomic E-state index is 0.0890. The minimum Gasteiger partial charge on any atom is -0.326 e. The van der Waals surface area contributed by atoms with E-state index in [0.29, 0.717) is 5.69 Å². The highest BCUT2D eigenvalue weighted by Crippen LogP contribution is 2.22. The Kier molecular flexibility index (Phi) is 2.51. The van der Waals surface area contributed by atoms with Gasteiger partial charge in [0.1, 0.15) is 6.04 Å². The molecule has 17 heavy (non-hydrogen) atoms. The zero-order valence-electron chi connectivity index (χ0n) is 8.91. The summed E-state index contributed by atoms with van der Waals surface area (Å²) < 4.78 is 0. The molecule has 0 radical (unpaired) electrons. The number of anilines is 1. The summed E-state index contributed by atoms with van der Waals surface area (Å²) in [4.78, 5) is 34.0. The molecule has 0 aromatic heterocycles. The molecule has 2 rings (SSSR count). The van der Waals surface area contributed by atoms with Crippen LogP contribution < -0.4 is 10.2 Å². The van der Waals surface area contributed by atoms with E-state index in [2.05, 4.69) is 5.32 Å². The lowest BCUT2D eigenvalue weighted by Gasteiger charge is -2.11. The first-order chi connectivity index (χ1) is 8.00. The van der Waals surface area contributed by atoms with Gasteiger partial charge >= 0.3 is 6.03 Å². The van der Waals surface area contributed by atoms with Crippen molar-refractivity contribution in [3.8, 4) is 0 Å². The van der Waals surface area contributed by atoms with E-state index in [1.165, 1.54) is 24.3 Å². The fourth-order valence-corrected chi connectivity index (χ4v) is 1.57. The molecule has 1 aliphatic rings. The number of imide groups is 1. The Hall–Kier alpha value is -2.44. The number of nitrogens with zero attached hydrogens (tertiary/aromatic N) is 2. The predicted octanol–water partition coefficient (Wildman–Crippen LogP) is 1.04. The van der Waals surface area contributed by atoms with Crippen molar-refractivity contribution in [2.24, 2.45) is 0 Å². The summed E-state index contributed by atoms with van der Waals surface area (Å²) in [5.74, 6) is -0.371. The zero-order valence-corrected chi connectivity index (χ0v) is 8.91. The summed E-state index contributed by atoms with van der Waals surface area (Å²) in [6, 6.07) is 4.15. The van der Waals surface area contributed by atoms with Crippen LogP contribution >= 0.6 is 0 Å². The molecule has 1 heterocycles. The molecule has 7 nitrogen and oxygen atoms in total. The number of non-ortho nitro benzene ring substituents is 1. The molecule has 0 spiro atoms. The summed E-state index contributed by atoms with van der Waals surface area (Å²) >= 11 is 0. The van der Waals surface area contributed by atoms with Gasteiger partial charge in [0.25, 0.3) is 11.6 Å². The molecule has 0 bridgehead atoms. The van der Waals surface area contributed by atoms with Gasteiger partial charge in [-0.3, -0.25) is 14.9 Å². The Bertz CT molecular complexity index is 497. The van der Waals surface area contributed by atoms with E-state index < -0.39 is 17.0 Å². The number of carbonyl (C=O) groups excluding carboxylic acids is 2. The lowest BCUT2D eigenvalue weighted by atomic mass is 10.2. The maximum Gasteiger partial charge on any atom is 0.329 e. The molecule has 0 saturated carbocycles. The molecule has 1 saturated heterocycles. The number of nitro benzene ring substituents is 1. The molecule has 1 atom stereocenters. The van der Waals surface area contributed by atoms with Crippen molar-refractivity contribution in [2.75, 3.05) is 4.90 Å². The average molecular weight is 235 g/mol. The van der Waals surface area contributed by atoms with Crippen LogP contribution in [0.5, 0.6) is 0 Å². The van der Waals surface area contributed by atoms with Crippen LogP contribution in [0.4, 0.5) is 16.2 Å². The van der Waals surface area contributed by atoms with Crippen LogP contribution in [0.1, 0.15) is 6.92 Å². The number of amides is 3. The predicted molar refractivity (Wildman–Crippen MR) is 58.6 cm³/mol. The highest BCUT2D eigenvalue weighted by Gasteiger charge is 2.36. The fourth-order valence-electron chi connectivity index (χ4n) is 1.57. The standard InChI is InChI=1S/C10H9N3O4/c1-6-9(14)12(10(15)11-6)7-2-4-8(5-3-7)13(16)17/h2-6H,1H3,(H,11,15)/t6-/m1/s1. The minimum atomic E-state index is -0.572. The number of hydrogen-bond acceptors (Lipinski definition) is 4. The number of urea groups is 1. The highest BCUT2D eigenvalue weighted by molar-refractivity contribution is 6.21. The summed E-state index contributed by atoms with van der Waals surface area (Å²) in [5.41, 5.74) is 0.233. The van der Waals surface area contributed by atoms with Gasteiger partial charge in [0.2, 0.25) is 0 Å². The van der Waals surface area contributed by atoms with Gasteiger partial charge in [0.15, 0.2) is 0 Å². The van der Waals surface area contributed by atoms with Gasteiger partial charge in [-0.2, -0.15) is 0 Å². The van der Waals surface area contributed by atoms with Gasteiger partial charge in [0.05, 0.1) is 10.6 Å². The van der Waals surface area contributed by atoms with Crippen molar-refractivity contribution in [3.63, 3.8) is 0 Å². The fraction of sp³-hybridized carbons (Fsp3) is 0.200. The molecule has 1 fully saturated rings. The van der Waals surface area contributed by atoms with Crippen LogP contribution in [0, 0.1) is 10.1 Å². The van der Waals surface area contributed by atoms with Crippen molar-refractivity contribution in [1.82, 2.24) is 5.32 Å². The van der Waals surface area contributed by atoms with E-state index in [0.717, 1.165) is 4.90 Å². The van der Waals surface area contributed by atoms with Crippen molar-refractivity contribution < 1.29 is 14.5 Å². The number of nitro groups is 1. The number of benzene rings is 1. The lowest BCUT2D eigenvalue weighted by Crippen LogP contribution is -2.30. The van der Waals surface area contributed by atoms with Crippen molar-refractivity contribution in [3.05, 3.63) is 34.4 Å². The van der Waals surface area contributed by atoms with Gasteiger partial charge in [-0.15, -0.1) is 0 Å². The third-order valence-corrected chi connectivity index (χ3v) is 2.45. The van der Waals surface area contributed by atoms with Crippen LogP contribution in [-0.4, -0.2) is 22.9 Å². The molecular formula is C10H9N3O4. The van der Waals surface area contributed by atoms with Crippen molar-refractivity contribution >= 4 is 23.3 Å². The molecule has 1 aliphatic heterocycles. The number of nitrogens with one attached hydrogen (secondary N) is 1. The second kappa shape index (κ2) is 3.85. The van der Waals surface area contributed by atoms with Crippen molar-refractivity contribution in [1.29, 1.82) is 0 Å². The molecule has 88 valence electrons. The maximum absolute atomic E-state index is 11.6. The SMILES string of the molecule is C[C@H]1NC(=O)N(c2ccc([N+](=O)[O-])cc2)C1=O. The maximum atomic E-state index is 11.6. The first kappa shape index (κ1) is 11.1. The summed E-state index contributed by atoms with van der Waals surface area (Å²) in [7, 11) is 0. The third-order valence-electron chi connectivity index (χ3n) is 2.45. The highest BCUT2D eigenvalue weighted by atomic mass is 16.6. The first-order valence-electron chi connectivity index (χ1n) is 4.89. The zero-order chi connectivity index (χ0) is 12.6. The van der Waals surface area contributed by atoms with Crippen LogP contribution in [0.3, 0.4) is 0 Å². The number of carbonyl (C=O) groups is 2. The summed E-state index contributed by atoms with van der Waals surface area (Å²) in [6.07, 6.45) is 0. The van der Waals surface area contributed by atoms with E-state index in [1.54, 1.807) is 6.92 Å². The first-order valence-corrected chi connectivity index (χ1v) is 4.89. The van der Waals surface area contributed by atoms with Crippen LogP contribution in [-0.2, 0) is 4.79 Å². The summed E-state index contributed by atoms with van der Waals surface area (Å²) in [6.45, 7) is 1.58. The molecule has 3 amide bonds. The van der Waals surface area contributed by atoms with Crippen LogP contribution in [0.25, 0.3) is 0 Å². The van der Waals surface area contributed by atoms with Gasteiger partial charge in [-0.1, -0.05) is 0 Å². The smallest absolute Gasteiger partial charge is 0.326 e. The van der Waals surface area contributed by atoms with Gasteiger partial charge in [0, 0.05) is 12.1 Å². The Labute approximate surface area is 96.2 Å². The average Bonchev–Trinajstić information content (AvgIpc) is 2.53. The second-order valence-corrected chi connectivity index (χ2v) is 3.62. The van der Waals surface area contributed by atoms with Gasteiger partial charge < -0.3 is 5.32 Å². The molecular weight excluding hydrogens is 226 g/mol. The Morgan fingerprint density at radius 1 is 1.29 bits per heavy atom. The molecule has 1 aromatic rings.